The normalized spacial score (nSPS) is 17.9. The molecule has 1 saturated carbocycles. The van der Waals surface area contributed by atoms with Crippen LogP contribution in [0.3, 0.4) is 0 Å². The first-order valence-electron chi connectivity index (χ1n) is 6.26. The maximum atomic E-state index is 6.27. The first kappa shape index (κ1) is 12.0. The number of nitrogens with two attached hydrogens (primary N) is 1. The molecule has 2 rings (SSSR count). The lowest BCUT2D eigenvalue weighted by atomic mass is 9.83. The molecule has 1 fully saturated rings. The third kappa shape index (κ3) is 3.22. The Hall–Kier alpha value is -1.52. The minimum absolute atomic E-state index is 0.255. The molecule has 88 valence electrons. The van der Waals surface area contributed by atoms with Crippen LogP contribution in [-0.2, 0) is 0 Å². The summed E-state index contributed by atoms with van der Waals surface area (Å²) in [4.78, 5) is 0. The van der Waals surface area contributed by atoms with Crippen molar-refractivity contribution in [3.63, 3.8) is 0 Å². The number of hydrogen-bond donors (Lipinski definition) is 1. The molecule has 1 aromatic carbocycles. The smallest absolute Gasteiger partial charge is 0.0779 e. The summed E-state index contributed by atoms with van der Waals surface area (Å²) in [6.07, 6.45) is 7.62. The van der Waals surface area contributed by atoms with Crippen LogP contribution in [0.15, 0.2) is 30.8 Å². The first-order chi connectivity index (χ1) is 8.22. The fourth-order valence-corrected chi connectivity index (χ4v) is 2.21. The molecule has 0 bridgehead atoms. The molecule has 0 aromatic heterocycles. The molecule has 0 heterocycles. The molecule has 1 heteroatoms. The van der Waals surface area contributed by atoms with Gasteiger partial charge in [-0.15, -0.1) is 0 Å². The van der Waals surface area contributed by atoms with Crippen molar-refractivity contribution in [3.05, 3.63) is 42.0 Å². The quantitative estimate of drug-likeness (QED) is 0.729. The van der Waals surface area contributed by atoms with Gasteiger partial charge in [0, 0.05) is 5.56 Å². The van der Waals surface area contributed by atoms with Gasteiger partial charge < -0.3 is 5.73 Å². The molecule has 0 atom stereocenters. The summed E-state index contributed by atoms with van der Waals surface area (Å²) < 4.78 is 0. The van der Waals surface area contributed by atoms with Gasteiger partial charge in [0.1, 0.15) is 0 Å². The molecule has 1 aliphatic rings. The van der Waals surface area contributed by atoms with Gasteiger partial charge in [-0.25, -0.2) is 0 Å². The van der Waals surface area contributed by atoms with Gasteiger partial charge in [-0.3, -0.25) is 0 Å². The van der Waals surface area contributed by atoms with Crippen molar-refractivity contribution in [1.82, 2.24) is 0 Å². The van der Waals surface area contributed by atoms with E-state index in [2.05, 4.69) is 18.4 Å². The van der Waals surface area contributed by atoms with Crippen LogP contribution in [0, 0.1) is 11.8 Å². The maximum absolute atomic E-state index is 6.27. The summed E-state index contributed by atoms with van der Waals surface area (Å²) in [6, 6.07) is 8.11. The van der Waals surface area contributed by atoms with Gasteiger partial charge in [-0.05, 0) is 30.5 Å². The highest BCUT2D eigenvalue weighted by atomic mass is 14.7. The summed E-state index contributed by atoms with van der Waals surface area (Å²) in [6.45, 7) is 3.74. The molecule has 0 unspecified atom stereocenters. The summed E-state index contributed by atoms with van der Waals surface area (Å²) in [7, 11) is 0. The Morgan fingerprint density at radius 2 is 1.76 bits per heavy atom. The monoisotopic (exact) mass is 225 g/mol. The van der Waals surface area contributed by atoms with E-state index in [0.717, 1.165) is 24.0 Å². The zero-order valence-electron chi connectivity index (χ0n) is 10.2. The molecule has 0 spiro atoms. The third-order valence-corrected chi connectivity index (χ3v) is 3.35. The Balaban J connectivity index is 2.11. The molecular weight excluding hydrogens is 206 g/mol. The zero-order valence-corrected chi connectivity index (χ0v) is 10.2. The van der Waals surface area contributed by atoms with E-state index >= 15 is 0 Å². The van der Waals surface area contributed by atoms with Crippen LogP contribution < -0.4 is 5.73 Å². The highest BCUT2D eigenvalue weighted by molar-refractivity contribution is 5.49. The Labute approximate surface area is 104 Å². The number of hydrogen-bond acceptors (Lipinski definition) is 1. The molecule has 17 heavy (non-hydrogen) atoms. The van der Waals surface area contributed by atoms with Crippen molar-refractivity contribution in [3.8, 4) is 11.8 Å². The lowest BCUT2D eigenvalue weighted by molar-refractivity contribution is 0.370. The number of rotatable bonds is 1. The van der Waals surface area contributed by atoms with Crippen LogP contribution in [0.5, 0.6) is 0 Å². The average molecular weight is 225 g/mol. The SMILES string of the molecule is C=Cc1ccc(C#CC2(N)CCCCC2)cc1. The van der Waals surface area contributed by atoms with E-state index in [1.807, 2.05) is 30.3 Å². The van der Waals surface area contributed by atoms with Crippen LogP contribution in [0.4, 0.5) is 0 Å². The highest BCUT2D eigenvalue weighted by Gasteiger charge is 2.24. The Morgan fingerprint density at radius 1 is 1.12 bits per heavy atom. The molecule has 0 saturated heterocycles. The summed E-state index contributed by atoms with van der Waals surface area (Å²) in [5, 5.41) is 0. The minimum Gasteiger partial charge on any atom is -0.315 e. The third-order valence-electron chi connectivity index (χ3n) is 3.35. The summed E-state index contributed by atoms with van der Waals surface area (Å²) in [5.74, 6) is 6.45. The molecule has 1 aliphatic carbocycles. The fraction of sp³-hybridized carbons (Fsp3) is 0.375. The molecular formula is C16H19N. The molecule has 2 N–H and O–H groups in total. The predicted octanol–water partition coefficient (Wildman–Crippen LogP) is 3.34. The van der Waals surface area contributed by atoms with E-state index in [-0.39, 0.29) is 5.54 Å². The Morgan fingerprint density at radius 3 is 2.35 bits per heavy atom. The molecule has 0 aliphatic heterocycles. The van der Waals surface area contributed by atoms with Crippen molar-refractivity contribution in [2.45, 2.75) is 37.6 Å². The van der Waals surface area contributed by atoms with E-state index in [1.54, 1.807) is 0 Å². The largest absolute Gasteiger partial charge is 0.315 e. The fourth-order valence-electron chi connectivity index (χ4n) is 2.21. The van der Waals surface area contributed by atoms with E-state index < -0.39 is 0 Å². The van der Waals surface area contributed by atoms with Crippen LogP contribution in [0.1, 0.15) is 43.2 Å². The van der Waals surface area contributed by atoms with E-state index in [0.29, 0.717) is 0 Å². The zero-order chi connectivity index (χ0) is 12.1. The molecule has 1 nitrogen and oxygen atoms in total. The van der Waals surface area contributed by atoms with Crippen LogP contribution in [0.25, 0.3) is 6.08 Å². The van der Waals surface area contributed by atoms with Gasteiger partial charge in [0.05, 0.1) is 5.54 Å². The lowest BCUT2D eigenvalue weighted by Gasteiger charge is -2.27. The number of benzene rings is 1. The van der Waals surface area contributed by atoms with Crippen molar-refractivity contribution in [2.24, 2.45) is 5.73 Å². The van der Waals surface area contributed by atoms with Gasteiger partial charge in [-0.2, -0.15) is 0 Å². The second-order valence-corrected chi connectivity index (χ2v) is 4.79. The first-order valence-corrected chi connectivity index (χ1v) is 6.26. The standard InChI is InChI=1S/C16H19N/c1-2-14-6-8-15(9-7-14)10-13-16(17)11-4-3-5-12-16/h2,6-9H,1,3-5,11-12,17H2. The summed E-state index contributed by atoms with van der Waals surface area (Å²) in [5.41, 5.74) is 8.17. The maximum Gasteiger partial charge on any atom is 0.0779 e. The van der Waals surface area contributed by atoms with Crippen LogP contribution in [-0.4, -0.2) is 5.54 Å². The summed E-state index contributed by atoms with van der Waals surface area (Å²) >= 11 is 0. The van der Waals surface area contributed by atoms with Gasteiger partial charge in [0.15, 0.2) is 0 Å². The molecule has 0 amide bonds. The molecule has 0 radical (unpaired) electrons. The van der Waals surface area contributed by atoms with Crippen molar-refractivity contribution in [2.75, 3.05) is 0 Å². The predicted molar refractivity (Wildman–Crippen MR) is 73.4 cm³/mol. The van der Waals surface area contributed by atoms with E-state index in [9.17, 15) is 0 Å². The second-order valence-electron chi connectivity index (χ2n) is 4.79. The van der Waals surface area contributed by atoms with Gasteiger partial charge >= 0.3 is 0 Å². The minimum atomic E-state index is -0.255. The van der Waals surface area contributed by atoms with Gasteiger partial charge in [0.25, 0.3) is 0 Å². The molecule has 1 aromatic rings. The van der Waals surface area contributed by atoms with Gasteiger partial charge in [0.2, 0.25) is 0 Å². The van der Waals surface area contributed by atoms with Crippen molar-refractivity contribution >= 4 is 6.08 Å². The van der Waals surface area contributed by atoms with Crippen molar-refractivity contribution < 1.29 is 0 Å². The lowest BCUT2D eigenvalue weighted by Crippen LogP contribution is -2.40. The Kier molecular flexibility index (Phi) is 3.66. The average Bonchev–Trinajstić information content (AvgIpc) is 2.38. The van der Waals surface area contributed by atoms with Gasteiger partial charge in [-0.1, -0.05) is 55.9 Å². The highest BCUT2D eigenvalue weighted by Crippen LogP contribution is 2.25. The second kappa shape index (κ2) is 5.21. The Bertz CT molecular complexity index is 439. The topological polar surface area (TPSA) is 26.0 Å². The van der Waals surface area contributed by atoms with Crippen molar-refractivity contribution in [1.29, 1.82) is 0 Å². The van der Waals surface area contributed by atoms with Crippen LogP contribution >= 0.6 is 0 Å². The van der Waals surface area contributed by atoms with E-state index in [4.69, 9.17) is 5.73 Å². The van der Waals surface area contributed by atoms with Crippen LogP contribution in [0.2, 0.25) is 0 Å². The van der Waals surface area contributed by atoms with E-state index in [1.165, 1.54) is 19.3 Å².